The van der Waals surface area contributed by atoms with Crippen LogP contribution in [0, 0.1) is 0 Å². The number of rotatable bonds is 4. The number of aliphatic hydroxyl groups excluding tert-OH is 1. The summed E-state index contributed by atoms with van der Waals surface area (Å²) in [5.74, 6) is -0.255. The quantitative estimate of drug-likeness (QED) is 0.822. The number of hydrogen-bond donors (Lipinski definition) is 2. The molecule has 2 aromatic heterocycles. The summed E-state index contributed by atoms with van der Waals surface area (Å²) in [6, 6.07) is 5.36. The van der Waals surface area contributed by atoms with Crippen LogP contribution in [0.1, 0.15) is 23.8 Å². The minimum atomic E-state index is -0.255. The van der Waals surface area contributed by atoms with E-state index in [1.807, 2.05) is 31.3 Å². The molecular formula is C12H15N3O2. The molecule has 2 rings (SSSR count). The number of carbonyl (C=O) groups excluding carboxylic acids is 1. The summed E-state index contributed by atoms with van der Waals surface area (Å²) in [5, 5.41) is 11.8. The Morgan fingerprint density at radius 1 is 1.59 bits per heavy atom. The van der Waals surface area contributed by atoms with E-state index in [1.54, 1.807) is 10.6 Å². The van der Waals surface area contributed by atoms with Gasteiger partial charge in [-0.1, -0.05) is 13.0 Å². The average Bonchev–Trinajstić information content (AvgIpc) is 2.79. The van der Waals surface area contributed by atoms with Crippen molar-refractivity contribution in [2.75, 3.05) is 6.61 Å². The smallest absolute Gasteiger partial charge is 0.271 e. The number of hydrogen-bond acceptors (Lipinski definition) is 3. The number of nitrogens with one attached hydrogen (secondary N) is 1. The van der Waals surface area contributed by atoms with E-state index in [9.17, 15) is 4.79 Å². The summed E-state index contributed by atoms with van der Waals surface area (Å²) in [5.41, 5.74) is 1.10. The molecule has 2 N–H and O–H groups in total. The average molecular weight is 233 g/mol. The molecular weight excluding hydrogens is 218 g/mol. The van der Waals surface area contributed by atoms with Gasteiger partial charge in [0.25, 0.3) is 5.91 Å². The van der Waals surface area contributed by atoms with E-state index in [-0.39, 0.29) is 18.6 Å². The molecule has 0 fully saturated rings. The van der Waals surface area contributed by atoms with Crippen LogP contribution in [0.3, 0.4) is 0 Å². The van der Waals surface area contributed by atoms with Gasteiger partial charge in [-0.15, -0.1) is 0 Å². The normalized spacial score (nSPS) is 12.6. The van der Waals surface area contributed by atoms with Crippen molar-refractivity contribution < 1.29 is 9.90 Å². The SMILES string of the molecule is CC[C@@H](CO)NC(=O)c1cn2ccccc2n1. The standard InChI is InChI=1S/C12H15N3O2/c1-2-9(8-16)13-12(17)10-7-15-6-4-3-5-11(15)14-10/h3-7,9,16H,2,8H2,1H3,(H,13,17)/t9-/m0/s1. The highest BCUT2D eigenvalue weighted by Crippen LogP contribution is 2.04. The number of aliphatic hydroxyl groups is 1. The number of aromatic nitrogens is 2. The van der Waals surface area contributed by atoms with Crippen molar-refractivity contribution in [2.24, 2.45) is 0 Å². The third kappa shape index (κ3) is 2.45. The van der Waals surface area contributed by atoms with Crippen LogP contribution in [0.5, 0.6) is 0 Å². The predicted octanol–water partition coefficient (Wildman–Crippen LogP) is 0.835. The molecule has 0 saturated heterocycles. The molecule has 5 nitrogen and oxygen atoms in total. The molecule has 1 amide bonds. The zero-order valence-corrected chi connectivity index (χ0v) is 9.63. The van der Waals surface area contributed by atoms with Gasteiger partial charge >= 0.3 is 0 Å². The Morgan fingerprint density at radius 2 is 2.41 bits per heavy atom. The summed E-state index contributed by atoms with van der Waals surface area (Å²) < 4.78 is 1.79. The van der Waals surface area contributed by atoms with E-state index in [2.05, 4.69) is 10.3 Å². The van der Waals surface area contributed by atoms with Gasteiger partial charge in [-0.05, 0) is 18.6 Å². The molecule has 1 atom stereocenters. The largest absolute Gasteiger partial charge is 0.394 e. The van der Waals surface area contributed by atoms with Crippen LogP contribution in [0.4, 0.5) is 0 Å². The minimum Gasteiger partial charge on any atom is -0.394 e. The van der Waals surface area contributed by atoms with Gasteiger partial charge in [-0.2, -0.15) is 0 Å². The van der Waals surface area contributed by atoms with Crippen molar-refractivity contribution >= 4 is 11.6 Å². The molecule has 0 aliphatic heterocycles. The summed E-state index contributed by atoms with van der Waals surface area (Å²) in [4.78, 5) is 16.0. The van der Waals surface area contributed by atoms with Gasteiger partial charge in [0.1, 0.15) is 11.3 Å². The molecule has 2 heterocycles. The number of pyridine rings is 1. The van der Waals surface area contributed by atoms with Gasteiger partial charge in [0.05, 0.1) is 12.6 Å². The highest BCUT2D eigenvalue weighted by atomic mass is 16.3. The molecule has 0 saturated carbocycles. The Bertz CT molecular complexity index is 484. The van der Waals surface area contributed by atoms with Gasteiger partial charge in [-0.3, -0.25) is 4.79 Å². The lowest BCUT2D eigenvalue weighted by molar-refractivity contribution is 0.0910. The Balaban J connectivity index is 2.19. The Kier molecular flexibility index (Phi) is 3.39. The predicted molar refractivity (Wildman–Crippen MR) is 63.8 cm³/mol. The van der Waals surface area contributed by atoms with Crippen LogP contribution < -0.4 is 5.32 Å². The molecule has 17 heavy (non-hydrogen) atoms. The molecule has 5 heteroatoms. The van der Waals surface area contributed by atoms with Gasteiger partial charge in [0.15, 0.2) is 0 Å². The summed E-state index contributed by atoms with van der Waals surface area (Å²) in [6.45, 7) is 1.85. The van der Waals surface area contributed by atoms with Crippen molar-refractivity contribution in [2.45, 2.75) is 19.4 Å². The molecule has 2 aromatic rings. The molecule has 0 aliphatic rings. The molecule has 90 valence electrons. The Labute approximate surface area is 99.1 Å². The van der Waals surface area contributed by atoms with Crippen molar-refractivity contribution in [3.8, 4) is 0 Å². The highest BCUT2D eigenvalue weighted by Gasteiger charge is 2.14. The van der Waals surface area contributed by atoms with Crippen LogP contribution in [-0.4, -0.2) is 33.0 Å². The number of fused-ring (bicyclic) bond motifs is 1. The topological polar surface area (TPSA) is 66.6 Å². The van der Waals surface area contributed by atoms with Crippen molar-refractivity contribution in [3.05, 3.63) is 36.3 Å². The maximum Gasteiger partial charge on any atom is 0.271 e. The Morgan fingerprint density at radius 3 is 3.06 bits per heavy atom. The summed E-state index contributed by atoms with van der Waals surface area (Å²) >= 11 is 0. The first-order chi connectivity index (χ1) is 8.24. The lowest BCUT2D eigenvalue weighted by Gasteiger charge is -2.12. The molecule has 0 unspecified atom stereocenters. The molecule has 0 spiro atoms. The number of imidazole rings is 1. The van der Waals surface area contributed by atoms with E-state index in [4.69, 9.17) is 5.11 Å². The highest BCUT2D eigenvalue weighted by molar-refractivity contribution is 5.93. The molecule has 0 aliphatic carbocycles. The second-order valence-corrected chi connectivity index (χ2v) is 3.85. The fourth-order valence-electron chi connectivity index (χ4n) is 1.58. The van der Waals surface area contributed by atoms with Crippen molar-refractivity contribution in [1.82, 2.24) is 14.7 Å². The van der Waals surface area contributed by atoms with E-state index < -0.39 is 0 Å². The van der Waals surface area contributed by atoms with Crippen molar-refractivity contribution in [3.63, 3.8) is 0 Å². The maximum atomic E-state index is 11.8. The maximum absolute atomic E-state index is 11.8. The summed E-state index contributed by atoms with van der Waals surface area (Å²) in [7, 11) is 0. The third-order valence-corrected chi connectivity index (χ3v) is 2.65. The second-order valence-electron chi connectivity index (χ2n) is 3.85. The summed E-state index contributed by atoms with van der Waals surface area (Å²) in [6.07, 6.45) is 4.20. The molecule has 0 bridgehead atoms. The van der Waals surface area contributed by atoms with Gasteiger partial charge < -0.3 is 14.8 Å². The lowest BCUT2D eigenvalue weighted by Crippen LogP contribution is -2.37. The van der Waals surface area contributed by atoms with Crippen molar-refractivity contribution in [1.29, 1.82) is 0 Å². The fourth-order valence-corrected chi connectivity index (χ4v) is 1.58. The minimum absolute atomic E-state index is 0.0599. The number of amides is 1. The Hall–Kier alpha value is -1.88. The number of carbonyl (C=O) groups is 1. The second kappa shape index (κ2) is 4.97. The third-order valence-electron chi connectivity index (χ3n) is 2.65. The van der Waals surface area contributed by atoms with E-state index >= 15 is 0 Å². The van der Waals surface area contributed by atoms with Gasteiger partial charge in [0, 0.05) is 12.4 Å². The van der Waals surface area contributed by atoms with Crippen LogP contribution in [0.25, 0.3) is 5.65 Å². The first-order valence-corrected chi connectivity index (χ1v) is 5.60. The van der Waals surface area contributed by atoms with Gasteiger partial charge in [-0.25, -0.2) is 4.98 Å². The van der Waals surface area contributed by atoms with Crippen LogP contribution >= 0.6 is 0 Å². The lowest BCUT2D eigenvalue weighted by atomic mass is 10.2. The zero-order chi connectivity index (χ0) is 12.3. The van der Waals surface area contributed by atoms with E-state index in [1.165, 1.54) is 0 Å². The first-order valence-electron chi connectivity index (χ1n) is 5.60. The zero-order valence-electron chi connectivity index (χ0n) is 9.63. The number of nitrogens with zero attached hydrogens (tertiary/aromatic N) is 2. The molecule has 0 aromatic carbocycles. The first kappa shape index (κ1) is 11.6. The van der Waals surface area contributed by atoms with Crippen LogP contribution in [-0.2, 0) is 0 Å². The van der Waals surface area contributed by atoms with Crippen LogP contribution in [0.15, 0.2) is 30.6 Å². The van der Waals surface area contributed by atoms with E-state index in [0.29, 0.717) is 12.1 Å². The fraction of sp³-hybridized carbons (Fsp3) is 0.333. The monoisotopic (exact) mass is 233 g/mol. The molecule has 0 radical (unpaired) electrons. The van der Waals surface area contributed by atoms with E-state index in [0.717, 1.165) is 5.65 Å². The van der Waals surface area contributed by atoms with Gasteiger partial charge in [0.2, 0.25) is 0 Å². The van der Waals surface area contributed by atoms with Crippen LogP contribution in [0.2, 0.25) is 0 Å².